The third kappa shape index (κ3) is 2.41. The van der Waals surface area contributed by atoms with Gasteiger partial charge in [0.2, 0.25) is 0 Å². The zero-order valence-corrected chi connectivity index (χ0v) is 9.65. The first-order valence-corrected chi connectivity index (χ1v) is 5.03. The number of halogens is 4. The van der Waals surface area contributed by atoms with Crippen molar-refractivity contribution >= 4 is 29.2 Å². The molecule has 7 heteroatoms. The van der Waals surface area contributed by atoms with Crippen molar-refractivity contribution in [1.29, 1.82) is 0 Å². The van der Waals surface area contributed by atoms with Crippen molar-refractivity contribution in [3.63, 3.8) is 0 Å². The van der Waals surface area contributed by atoms with Gasteiger partial charge >= 0.3 is 5.97 Å². The summed E-state index contributed by atoms with van der Waals surface area (Å²) in [7, 11) is 1.08. The Morgan fingerprint density at radius 2 is 2.25 bits per heavy atom. The van der Waals surface area contributed by atoms with Gasteiger partial charge in [0.15, 0.2) is 0 Å². The molecule has 0 aromatic carbocycles. The van der Waals surface area contributed by atoms with Crippen LogP contribution in [0.25, 0.3) is 0 Å². The summed E-state index contributed by atoms with van der Waals surface area (Å²) >= 11 is 11.2. The first-order valence-electron chi connectivity index (χ1n) is 4.12. The van der Waals surface area contributed by atoms with Crippen molar-refractivity contribution in [3.8, 4) is 0 Å². The molecule has 0 aliphatic carbocycles. The monoisotopic (exact) mass is 269 g/mol. The van der Waals surface area contributed by atoms with Crippen molar-refractivity contribution in [3.05, 3.63) is 28.0 Å². The largest absolute Gasteiger partial charge is 0.465 e. The van der Waals surface area contributed by atoms with Crippen LogP contribution in [0, 0.1) is 0 Å². The molecule has 0 saturated heterocycles. The standard InChI is InChI=1S/C9H7Cl2F2NO2/c1-16-9(15)6-4(8(12)13)3-14-5(2-10)7(6)11/h3,8H,2H2,1H3. The van der Waals surface area contributed by atoms with E-state index in [2.05, 4.69) is 9.72 Å². The lowest BCUT2D eigenvalue weighted by atomic mass is 10.1. The van der Waals surface area contributed by atoms with Crippen LogP contribution in [0.3, 0.4) is 0 Å². The smallest absolute Gasteiger partial charge is 0.339 e. The van der Waals surface area contributed by atoms with Crippen LogP contribution in [-0.2, 0) is 10.6 Å². The lowest BCUT2D eigenvalue weighted by Gasteiger charge is -2.10. The average Bonchev–Trinajstić information content (AvgIpc) is 2.27. The third-order valence-corrected chi connectivity index (χ3v) is 2.53. The van der Waals surface area contributed by atoms with Crippen molar-refractivity contribution in [1.82, 2.24) is 4.98 Å². The molecule has 0 unspecified atom stereocenters. The Hall–Kier alpha value is -0.940. The van der Waals surface area contributed by atoms with E-state index in [1.54, 1.807) is 0 Å². The second-order valence-corrected chi connectivity index (χ2v) is 3.42. The molecule has 0 saturated carbocycles. The highest BCUT2D eigenvalue weighted by atomic mass is 35.5. The van der Waals surface area contributed by atoms with E-state index in [4.69, 9.17) is 23.2 Å². The minimum atomic E-state index is -2.86. The molecule has 1 heterocycles. The molecule has 0 radical (unpaired) electrons. The fourth-order valence-electron chi connectivity index (χ4n) is 1.11. The number of carbonyl (C=O) groups excluding carboxylic acids is 1. The van der Waals surface area contributed by atoms with E-state index in [0.29, 0.717) is 0 Å². The van der Waals surface area contributed by atoms with E-state index < -0.39 is 18.0 Å². The highest BCUT2D eigenvalue weighted by Crippen LogP contribution is 2.30. The van der Waals surface area contributed by atoms with E-state index in [-0.39, 0.29) is 22.2 Å². The Labute approximate surface area is 100 Å². The lowest BCUT2D eigenvalue weighted by molar-refractivity contribution is 0.0589. The molecular weight excluding hydrogens is 263 g/mol. The molecule has 1 aromatic rings. The molecule has 88 valence electrons. The van der Waals surface area contributed by atoms with Crippen molar-refractivity contribution in [2.75, 3.05) is 7.11 Å². The van der Waals surface area contributed by atoms with Crippen molar-refractivity contribution in [2.24, 2.45) is 0 Å². The number of alkyl halides is 3. The number of pyridine rings is 1. The van der Waals surface area contributed by atoms with Crippen LogP contribution in [-0.4, -0.2) is 18.1 Å². The van der Waals surface area contributed by atoms with Gasteiger partial charge in [0.1, 0.15) is 0 Å². The number of ether oxygens (including phenoxy) is 1. The average molecular weight is 270 g/mol. The Morgan fingerprint density at radius 1 is 1.62 bits per heavy atom. The number of aromatic nitrogens is 1. The van der Waals surface area contributed by atoms with Crippen molar-refractivity contribution < 1.29 is 18.3 Å². The maximum Gasteiger partial charge on any atom is 0.339 e. The van der Waals surface area contributed by atoms with E-state index in [0.717, 1.165) is 13.3 Å². The minimum absolute atomic E-state index is 0.0770. The molecular formula is C9H7Cl2F2NO2. The summed E-state index contributed by atoms with van der Waals surface area (Å²) in [6, 6.07) is 0. The van der Waals surface area contributed by atoms with Crippen LogP contribution in [0.2, 0.25) is 5.02 Å². The SMILES string of the molecule is COC(=O)c1c(C(F)F)cnc(CCl)c1Cl. The summed E-state index contributed by atoms with van der Waals surface area (Å²) in [5.41, 5.74) is -0.788. The maximum absolute atomic E-state index is 12.6. The van der Waals surface area contributed by atoms with Crippen molar-refractivity contribution in [2.45, 2.75) is 12.3 Å². The van der Waals surface area contributed by atoms with Gasteiger partial charge in [0, 0.05) is 6.20 Å². The van der Waals surface area contributed by atoms with Crippen LogP contribution in [0.1, 0.15) is 28.0 Å². The van der Waals surface area contributed by atoms with E-state index >= 15 is 0 Å². The molecule has 3 nitrogen and oxygen atoms in total. The second kappa shape index (κ2) is 5.41. The maximum atomic E-state index is 12.6. The molecule has 0 atom stereocenters. The van der Waals surface area contributed by atoms with Gasteiger partial charge < -0.3 is 4.74 Å². The molecule has 0 fully saturated rings. The van der Waals surface area contributed by atoms with Gasteiger partial charge in [-0.1, -0.05) is 11.6 Å². The highest BCUT2D eigenvalue weighted by Gasteiger charge is 2.24. The highest BCUT2D eigenvalue weighted by molar-refractivity contribution is 6.35. The number of methoxy groups -OCH3 is 1. The summed E-state index contributed by atoms with van der Waals surface area (Å²) in [5, 5.41) is -0.195. The number of hydrogen-bond acceptors (Lipinski definition) is 3. The summed E-state index contributed by atoms with van der Waals surface area (Å²) in [6.07, 6.45) is -1.98. The molecule has 1 rings (SSSR count). The molecule has 0 bridgehead atoms. The van der Waals surface area contributed by atoms with Crippen LogP contribution >= 0.6 is 23.2 Å². The third-order valence-electron chi connectivity index (χ3n) is 1.87. The lowest BCUT2D eigenvalue weighted by Crippen LogP contribution is -2.09. The summed E-state index contributed by atoms with van der Waals surface area (Å²) < 4.78 is 29.6. The topological polar surface area (TPSA) is 39.2 Å². The second-order valence-electron chi connectivity index (χ2n) is 2.78. The molecule has 0 aliphatic heterocycles. The molecule has 0 aliphatic rings. The molecule has 0 N–H and O–H groups in total. The molecule has 0 spiro atoms. The number of rotatable bonds is 3. The van der Waals surface area contributed by atoms with Gasteiger partial charge in [0.25, 0.3) is 6.43 Å². The first-order chi connectivity index (χ1) is 7.52. The predicted octanol–water partition coefficient (Wildman–Crippen LogP) is 3.20. The fourth-order valence-corrected chi connectivity index (χ4v) is 1.68. The zero-order chi connectivity index (χ0) is 12.3. The van der Waals surface area contributed by atoms with Gasteiger partial charge in [-0.15, -0.1) is 11.6 Å². The first kappa shape index (κ1) is 13.1. The quantitative estimate of drug-likeness (QED) is 0.625. The van der Waals surface area contributed by atoms with Crippen LogP contribution in [0.5, 0.6) is 0 Å². The van der Waals surface area contributed by atoms with Crippen LogP contribution < -0.4 is 0 Å². The number of hydrogen-bond donors (Lipinski definition) is 0. The van der Waals surface area contributed by atoms with Gasteiger partial charge in [-0.25, -0.2) is 13.6 Å². The van der Waals surface area contributed by atoms with Gasteiger partial charge in [-0.05, 0) is 0 Å². The number of esters is 1. The van der Waals surface area contributed by atoms with Gasteiger partial charge in [0.05, 0.1) is 34.8 Å². The summed E-state index contributed by atoms with van der Waals surface area (Å²) in [4.78, 5) is 15.0. The molecule has 16 heavy (non-hydrogen) atoms. The Balaban J connectivity index is 3.42. The normalized spacial score (nSPS) is 10.6. The number of carbonyl (C=O) groups is 1. The zero-order valence-electron chi connectivity index (χ0n) is 8.14. The Morgan fingerprint density at radius 3 is 2.69 bits per heavy atom. The molecule has 1 aromatic heterocycles. The van der Waals surface area contributed by atoms with Crippen LogP contribution in [0.4, 0.5) is 8.78 Å². The summed E-state index contributed by atoms with van der Waals surface area (Å²) in [6.45, 7) is 0. The van der Waals surface area contributed by atoms with E-state index in [1.165, 1.54) is 0 Å². The minimum Gasteiger partial charge on any atom is -0.465 e. The molecule has 0 amide bonds. The van der Waals surface area contributed by atoms with E-state index in [9.17, 15) is 13.6 Å². The summed E-state index contributed by atoms with van der Waals surface area (Å²) in [5.74, 6) is -1.01. The van der Waals surface area contributed by atoms with E-state index in [1.807, 2.05) is 0 Å². The number of nitrogens with zero attached hydrogens (tertiary/aromatic N) is 1. The van der Waals surface area contributed by atoms with Gasteiger partial charge in [-0.3, -0.25) is 4.98 Å². The Kier molecular flexibility index (Phi) is 4.44. The van der Waals surface area contributed by atoms with Crippen LogP contribution in [0.15, 0.2) is 6.20 Å². The predicted molar refractivity (Wildman–Crippen MR) is 55.1 cm³/mol. The Bertz CT molecular complexity index is 413. The fraction of sp³-hybridized carbons (Fsp3) is 0.333. The van der Waals surface area contributed by atoms with Gasteiger partial charge in [-0.2, -0.15) is 0 Å².